The SMILES string of the molecule is Cc1cc(C(=O)CSc2nc3ccccc3c(=O)n2Cc2ccco2)c(C)n1C. The van der Waals surface area contributed by atoms with Crippen molar-refractivity contribution in [1.29, 1.82) is 0 Å². The summed E-state index contributed by atoms with van der Waals surface area (Å²) < 4.78 is 8.99. The zero-order valence-corrected chi connectivity index (χ0v) is 17.3. The molecule has 0 unspecified atom stereocenters. The van der Waals surface area contributed by atoms with E-state index >= 15 is 0 Å². The molecule has 0 amide bonds. The van der Waals surface area contributed by atoms with Crippen LogP contribution in [0.25, 0.3) is 10.9 Å². The second-order valence-electron chi connectivity index (χ2n) is 6.94. The largest absolute Gasteiger partial charge is 0.467 e. The highest BCUT2D eigenvalue weighted by molar-refractivity contribution is 7.99. The Kier molecular flexibility index (Phi) is 5.15. The molecule has 4 aromatic rings. The highest BCUT2D eigenvalue weighted by atomic mass is 32.2. The van der Waals surface area contributed by atoms with Gasteiger partial charge in [-0.15, -0.1) is 0 Å². The fourth-order valence-electron chi connectivity index (χ4n) is 3.30. The number of rotatable bonds is 6. The number of para-hydroxylation sites is 1. The van der Waals surface area contributed by atoms with E-state index in [1.807, 2.05) is 55.8 Å². The molecule has 0 aliphatic rings. The van der Waals surface area contributed by atoms with Gasteiger partial charge in [0.05, 0.1) is 29.5 Å². The number of Topliss-reactive ketones (excluding diaryl/α,β-unsaturated/α-hetero) is 1. The van der Waals surface area contributed by atoms with Gasteiger partial charge >= 0.3 is 0 Å². The molecule has 0 spiro atoms. The van der Waals surface area contributed by atoms with Crippen molar-refractivity contribution in [2.45, 2.75) is 25.5 Å². The van der Waals surface area contributed by atoms with Crippen LogP contribution in [-0.2, 0) is 13.6 Å². The van der Waals surface area contributed by atoms with Gasteiger partial charge in [0.25, 0.3) is 5.56 Å². The molecule has 0 N–H and O–H groups in total. The number of ketones is 1. The van der Waals surface area contributed by atoms with E-state index in [9.17, 15) is 9.59 Å². The van der Waals surface area contributed by atoms with Crippen LogP contribution < -0.4 is 5.56 Å². The third-order valence-electron chi connectivity index (χ3n) is 5.13. The van der Waals surface area contributed by atoms with E-state index in [4.69, 9.17) is 4.42 Å². The lowest BCUT2D eigenvalue weighted by Gasteiger charge is -2.12. The minimum atomic E-state index is -0.145. The Labute approximate surface area is 172 Å². The third-order valence-corrected chi connectivity index (χ3v) is 6.11. The lowest BCUT2D eigenvalue weighted by molar-refractivity contribution is 0.102. The summed E-state index contributed by atoms with van der Waals surface area (Å²) in [5.41, 5.74) is 3.16. The molecule has 0 atom stereocenters. The van der Waals surface area contributed by atoms with Crippen molar-refractivity contribution < 1.29 is 9.21 Å². The molecular formula is C22H21N3O3S. The molecule has 148 valence electrons. The number of benzene rings is 1. The summed E-state index contributed by atoms with van der Waals surface area (Å²) >= 11 is 1.28. The van der Waals surface area contributed by atoms with Crippen LogP contribution in [0, 0.1) is 13.8 Å². The van der Waals surface area contributed by atoms with Crippen LogP contribution in [0.3, 0.4) is 0 Å². The van der Waals surface area contributed by atoms with E-state index in [-0.39, 0.29) is 23.6 Å². The van der Waals surface area contributed by atoms with Gasteiger partial charge in [-0.3, -0.25) is 14.2 Å². The molecule has 6 nitrogen and oxygen atoms in total. The van der Waals surface area contributed by atoms with Gasteiger partial charge in [0.15, 0.2) is 10.9 Å². The minimum Gasteiger partial charge on any atom is -0.467 e. The monoisotopic (exact) mass is 407 g/mol. The van der Waals surface area contributed by atoms with Gasteiger partial charge in [-0.1, -0.05) is 23.9 Å². The predicted octanol–water partition coefficient (Wildman–Crippen LogP) is 3.97. The van der Waals surface area contributed by atoms with Crippen LogP contribution in [0.5, 0.6) is 0 Å². The second kappa shape index (κ2) is 7.75. The Balaban J connectivity index is 1.69. The summed E-state index contributed by atoms with van der Waals surface area (Å²) in [4.78, 5) is 30.5. The molecule has 0 aliphatic heterocycles. The molecule has 0 saturated heterocycles. The van der Waals surface area contributed by atoms with Crippen LogP contribution in [-0.4, -0.2) is 25.7 Å². The minimum absolute atomic E-state index is 0.0168. The lowest BCUT2D eigenvalue weighted by atomic mass is 10.2. The van der Waals surface area contributed by atoms with E-state index in [0.717, 1.165) is 11.4 Å². The van der Waals surface area contributed by atoms with E-state index in [1.54, 1.807) is 23.0 Å². The van der Waals surface area contributed by atoms with Gasteiger partial charge in [-0.2, -0.15) is 0 Å². The smallest absolute Gasteiger partial charge is 0.262 e. The van der Waals surface area contributed by atoms with Gasteiger partial charge in [0.2, 0.25) is 0 Å². The lowest BCUT2D eigenvalue weighted by Crippen LogP contribution is -2.24. The maximum absolute atomic E-state index is 13.1. The number of aromatic nitrogens is 3. The predicted molar refractivity (Wildman–Crippen MR) is 114 cm³/mol. The molecule has 0 aliphatic carbocycles. The quantitative estimate of drug-likeness (QED) is 0.275. The Morgan fingerprint density at radius 1 is 1.17 bits per heavy atom. The van der Waals surface area contributed by atoms with Crippen molar-refractivity contribution in [3.8, 4) is 0 Å². The van der Waals surface area contributed by atoms with Crippen LogP contribution in [0.2, 0.25) is 0 Å². The molecule has 0 fully saturated rings. The van der Waals surface area contributed by atoms with Crippen LogP contribution in [0.15, 0.2) is 63.1 Å². The first kappa shape index (κ1) is 19.3. The van der Waals surface area contributed by atoms with Crippen LogP contribution in [0.1, 0.15) is 27.5 Å². The number of furan rings is 1. The van der Waals surface area contributed by atoms with Gasteiger partial charge < -0.3 is 8.98 Å². The summed E-state index contributed by atoms with van der Waals surface area (Å²) in [6, 6.07) is 12.7. The standard InChI is InChI=1S/C22H21N3O3S/c1-14-11-18(15(2)24(14)3)20(26)13-29-22-23-19-9-5-4-8-17(19)21(27)25(22)12-16-7-6-10-28-16/h4-11H,12-13H2,1-3H3. The zero-order valence-electron chi connectivity index (χ0n) is 16.5. The van der Waals surface area contributed by atoms with Crippen molar-refractivity contribution in [3.05, 3.63) is 81.8 Å². The first-order valence-electron chi connectivity index (χ1n) is 9.26. The van der Waals surface area contributed by atoms with Gasteiger partial charge in [-0.25, -0.2) is 4.98 Å². The number of carbonyl (C=O) groups excluding carboxylic acids is 1. The first-order chi connectivity index (χ1) is 14.0. The average molecular weight is 407 g/mol. The second-order valence-corrected chi connectivity index (χ2v) is 7.88. The molecule has 3 aromatic heterocycles. The Bertz CT molecular complexity index is 1250. The molecule has 7 heteroatoms. The third kappa shape index (κ3) is 3.65. The Morgan fingerprint density at radius 2 is 1.97 bits per heavy atom. The normalized spacial score (nSPS) is 11.3. The summed E-state index contributed by atoms with van der Waals surface area (Å²) in [5, 5.41) is 1.05. The molecule has 4 rings (SSSR count). The summed E-state index contributed by atoms with van der Waals surface area (Å²) in [5.74, 6) is 0.878. The average Bonchev–Trinajstić information content (AvgIpc) is 3.32. The number of thioether (sulfide) groups is 1. The van der Waals surface area contributed by atoms with Crippen molar-refractivity contribution in [2.24, 2.45) is 7.05 Å². The maximum Gasteiger partial charge on any atom is 0.262 e. The molecule has 29 heavy (non-hydrogen) atoms. The van der Waals surface area contributed by atoms with Crippen LogP contribution in [0.4, 0.5) is 0 Å². The molecule has 1 aromatic carbocycles. The fraction of sp³-hybridized carbons (Fsp3) is 0.227. The zero-order chi connectivity index (χ0) is 20.5. The van der Waals surface area contributed by atoms with Gasteiger partial charge in [-0.05, 0) is 44.2 Å². The first-order valence-corrected chi connectivity index (χ1v) is 10.2. The highest BCUT2D eigenvalue weighted by Gasteiger charge is 2.18. The number of fused-ring (bicyclic) bond motifs is 1. The Morgan fingerprint density at radius 3 is 2.66 bits per heavy atom. The van der Waals surface area contributed by atoms with Crippen LogP contribution >= 0.6 is 11.8 Å². The molecular weight excluding hydrogens is 386 g/mol. The number of carbonyl (C=O) groups is 1. The number of nitrogens with zero attached hydrogens (tertiary/aromatic N) is 3. The maximum atomic E-state index is 13.1. The fourth-order valence-corrected chi connectivity index (χ4v) is 4.18. The molecule has 0 bridgehead atoms. The van der Waals surface area contributed by atoms with Crippen molar-refractivity contribution in [1.82, 2.24) is 14.1 Å². The van der Waals surface area contributed by atoms with Crippen molar-refractivity contribution in [2.75, 3.05) is 5.75 Å². The number of hydrogen-bond acceptors (Lipinski definition) is 5. The van der Waals surface area contributed by atoms with E-state index in [1.165, 1.54) is 11.8 Å². The number of aryl methyl sites for hydroxylation is 1. The molecule has 0 radical (unpaired) electrons. The molecule has 0 saturated carbocycles. The summed E-state index contributed by atoms with van der Waals surface area (Å²) in [7, 11) is 1.94. The molecule has 3 heterocycles. The van der Waals surface area contributed by atoms with E-state index in [0.29, 0.717) is 27.4 Å². The summed E-state index contributed by atoms with van der Waals surface area (Å²) in [6.45, 7) is 4.18. The topological polar surface area (TPSA) is 70.0 Å². The van der Waals surface area contributed by atoms with Crippen molar-refractivity contribution in [3.63, 3.8) is 0 Å². The summed E-state index contributed by atoms with van der Waals surface area (Å²) in [6.07, 6.45) is 1.58. The van der Waals surface area contributed by atoms with E-state index < -0.39 is 0 Å². The van der Waals surface area contributed by atoms with Crippen molar-refractivity contribution >= 4 is 28.4 Å². The van der Waals surface area contributed by atoms with Gasteiger partial charge in [0, 0.05) is 24.0 Å². The highest BCUT2D eigenvalue weighted by Crippen LogP contribution is 2.22. The Hall–Kier alpha value is -3.06. The van der Waals surface area contributed by atoms with E-state index in [2.05, 4.69) is 4.98 Å². The number of hydrogen-bond donors (Lipinski definition) is 0. The van der Waals surface area contributed by atoms with Gasteiger partial charge in [0.1, 0.15) is 5.76 Å².